The third kappa shape index (κ3) is 3.63. The number of benzene rings is 2. The molecule has 0 unspecified atom stereocenters. The highest BCUT2D eigenvalue weighted by atomic mass is 16.2. The lowest BCUT2D eigenvalue weighted by atomic mass is 9.78. The van der Waals surface area contributed by atoms with Gasteiger partial charge in [0.15, 0.2) is 0 Å². The first-order valence-electron chi connectivity index (χ1n) is 11.1. The van der Waals surface area contributed by atoms with E-state index in [4.69, 9.17) is 5.73 Å². The van der Waals surface area contributed by atoms with Crippen LogP contribution in [-0.2, 0) is 6.42 Å². The molecule has 0 spiro atoms. The van der Waals surface area contributed by atoms with E-state index in [2.05, 4.69) is 18.7 Å². The van der Waals surface area contributed by atoms with Gasteiger partial charge in [-0.1, -0.05) is 32.0 Å². The molecule has 0 saturated carbocycles. The molecule has 5 nitrogen and oxygen atoms in total. The molecule has 0 bridgehead atoms. The third-order valence-corrected chi connectivity index (χ3v) is 6.50. The summed E-state index contributed by atoms with van der Waals surface area (Å²) in [5.41, 5.74) is 10.2. The van der Waals surface area contributed by atoms with Crippen molar-refractivity contribution in [1.29, 1.82) is 0 Å². The predicted octanol–water partition coefficient (Wildman–Crippen LogP) is 3.97. The van der Waals surface area contributed by atoms with Gasteiger partial charge in [-0.2, -0.15) is 0 Å². The van der Waals surface area contributed by atoms with Gasteiger partial charge in [-0.15, -0.1) is 0 Å². The quantitative estimate of drug-likeness (QED) is 0.758. The van der Waals surface area contributed by atoms with Crippen LogP contribution in [0.5, 0.6) is 0 Å². The maximum absolute atomic E-state index is 13.3. The van der Waals surface area contributed by atoms with Crippen LogP contribution in [0.3, 0.4) is 0 Å². The van der Waals surface area contributed by atoms with Crippen molar-refractivity contribution in [3.05, 3.63) is 64.7 Å². The maximum Gasteiger partial charge on any atom is 0.258 e. The molecule has 2 aromatic carbocycles. The van der Waals surface area contributed by atoms with Gasteiger partial charge in [0, 0.05) is 35.3 Å². The summed E-state index contributed by atoms with van der Waals surface area (Å²) in [6, 6.07) is 13.5. The second-order valence-corrected chi connectivity index (χ2v) is 8.50. The standard InChI is InChI=1S/C25H31N3O2/c1-3-12-27(13-4-2)19-14-18-16-28(25(30)17-8-6-5-7-9-17)22-11-10-20(24(26)29)21(15-19)23(18)22/h5-11,18-19H,3-4,12-16H2,1-2H3,(H2,26,29)/t18-,19-/m0/s1. The molecule has 0 saturated heterocycles. The number of hydrogen-bond acceptors (Lipinski definition) is 3. The Morgan fingerprint density at radius 3 is 2.40 bits per heavy atom. The molecule has 1 aliphatic heterocycles. The van der Waals surface area contributed by atoms with E-state index in [0.717, 1.165) is 50.0 Å². The molecule has 30 heavy (non-hydrogen) atoms. The van der Waals surface area contributed by atoms with Crippen molar-refractivity contribution in [2.45, 2.75) is 51.5 Å². The van der Waals surface area contributed by atoms with E-state index in [1.54, 1.807) is 0 Å². The van der Waals surface area contributed by atoms with Crippen molar-refractivity contribution in [3.63, 3.8) is 0 Å². The van der Waals surface area contributed by atoms with Gasteiger partial charge in [0.1, 0.15) is 0 Å². The fraction of sp³-hybridized carbons (Fsp3) is 0.440. The Morgan fingerprint density at radius 1 is 1.07 bits per heavy atom. The minimum Gasteiger partial charge on any atom is -0.366 e. The Kier molecular flexibility index (Phi) is 5.91. The fourth-order valence-electron chi connectivity index (χ4n) is 5.30. The molecule has 2 aliphatic rings. The van der Waals surface area contributed by atoms with Crippen molar-refractivity contribution < 1.29 is 9.59 Å². The average molecular weight is 406 g/mol. The summed E-state index contributed by atoms with van der Waals surface area (Å²) in [6.45, 7) is 7.20. The van der Waals surface area contributed by atoms with Gasteiger partial charge < -0.3 is 15.5 Å². The normalized spacial score (nSPS) is 19.8. The largest absolute Gasteiger partial charge is 0.366 e. The van der Waals surface area contributed by atoms with Crippen LogP contribution in [0.15, 0.2) is 42.5 Å². The summed E-state index contributed by atoms with van der Waals surface area (Å²) < 4.78 is 0. The Hall–Kier alpha value is -2.66. The molecule has 2 amide bonds. The van der Waals surface area contributed by atoms with Crippen LogP contribution in [0.25, 0.3) is 0 Å². The van der Waals surface area contributed by atoms with Crippen LogP contribution in [0, 0.1) is 0 Å². The smallest absolute Gasteiger partial charge is 0.258 e. The topological polar surface area (TPSA) is 66.6 Å². The van der Waals surface area contributed by atoms with Crippen LogP contribution >= 0.6 is 0 Å². The van der Waals surface area contributed by atoms with Gasteiger partial charge >= 0.3 is 0 Å². The van der Waals surface area contributed by atoms with Crippen LogP contribution in [0.1, 0.15) is 70.9 Å². The van der Waals surface area contributed by atoms with Crippen LogP contribution < -0.4 is 10.6 Å². The zero-order chi connectivity index (χ0) is 21.3. The molecular formula is C25H31N3O2. The Bertz CT molecular complexity index is 935. The highest BCUT2D eigenvalue weighted by Crippen LogP contribution is 2.47. The first-order valence-corrected chi connectivity index (χ1v) is 11.1. The third-order valence-electron chi connectivity index (χ3n) is 6.50. The van der Waals surface area contributed by atoms with E-state index < -0.39 is 0 Å². The molecule has 2 N–H and O–H groups in total. The number of anilines is 1. The molecule has 5 heteroatoms. The Morgan fingerprint density at radius 2 is 1.77 bits per heavy atom. The number of carbonyl (C=O) groups is 2. The predicted molar refractivity (Wildman–Crippen MR) is 120 cm³/mol. The maximum atomic E-state index is 13.3. The molecule has 0 radical (unpaired) electrons. The lowest BCUT2D eigenvalue weighted by molar-refractivity contribution is 0.0981. The lowest BCUT2D eigenvalue weighted by Crippen LogP contribution is -2.42. The van der Waals surface area contributed by atoms with Crippen LogP contribution in [-0.4, -0.2) is 42.4 Å². The van der Waals surface area contributed by atoms with E-state index >= 15 is 0 Å². The summed E-state index contributed by atoms with van der Waals surface area (Å²) >= 11 is 0. The van der Waals surface area contributed by atoms with Gasteiger partial charge in [0.25, 0.3) is 5.91 Å². The van der Waals surface area contributed by atoms with Gasteiger partial charge in [0.2, 0.25) is 5.91 Å². The van der Waals surface area contributed by atoms with Gasteiger partial charge in [0.05, 0.1) is 0 Å². The summed E-state index contributed by atoms with van der Waals surface area (Å²) in [5, 5.41) is 0. The summed E-state index contributed by atoms with van der Waals surface area (Å²) in [7, 11) is 0. The van der Waals surface area contributed by atoms with E-state index in [0.29, 0.717) is 23.7 Å². The number of nitrogens with two attached hydrogens (primary N) is 1. The number of primary amides is 1. The number of hydrogen-bond donors (Lipinski definition) is 1. The molecule has 0 aromatic heterocycles. The molecule has 2 aromatic rings. The highest BCUT2D eigenvalue weighted by molar-refractivity contribution is 6.08. The number of rotatable bonds is 7. The average Bonchev–Trinajstić information content (AvgIpc) is 3.13. The van der Waals surface area contributed by atoms with Crippen molar-refractivity contribution in [3.8, 4) is 0 Å². The van der Waals surface area contributed by atoms with E-state index in [1.807, 2.05) is 47.4 Å². The molecule has 4 rings (SSSR count). The monoisotopic (exact) mass is 405 g/mol. The molecule has 1 heterocycles. The Labute approximate surface area is 178 Å². The summed E-state index contributed by atoms with van der Waals surface area (Å²) in [5.74, 6) is -0.107. The molecule has 1 aliphatic carbocycles. The van der Waals surface area contributed by atoms with Crippen molar-refractivity contribution in [2.24, 2.45) is 5.73 Å². The van der Waals surface area contributed by atoms with Gasteiger partial charge in [-0.3, -0.25) is 9.59 Å². The van der Waals surface area contributed by atoms with E-state index in [1.165, 1.54) is 5.56 Å². The molecule has 2 atom stereocenters. The minimum absolute atomic E-state index is 0.0227. The molecule has 158 valence electrons. The van der Waals surface area contributed by atoms with E-state index in [-0.39, 0.29) is 17.7 Å². The number of amides is 2. The first-order chi connectivity index (χ1) is 14.5. The number of carbonyl (C=O) groups excluding carboxylic acids is 2. The van der Waals surface area contributed by atoms with E-state index in [9.17, 15) is 9.59 Å². The van der Waals surface area contributed by atoms with Crippen molar-refractivity contribution >= 4 is 17.5 Å². The fourth-order valence-corrected chi connectivity index (χ4v) is 5.30. The van der Waals surface area contributed by atoms with Crippen LogP contribution in [0.2, 0.25) is 0 Å². The van der Waals surface area contributed by atoms with Crippen molar-refractivity contribution in [2.75, 3.05) is 24.5 Å². The zero-order valence-electron chi connectivity index (χ0n) is 17.9. The zero-order valence-corrected chi connectivity index (χ0v) is 17.9. The SMILES string of the molecule is CCCN(CCC)[C@@H]1Cc2c(C(N)=O)ccc3c2[C@@H](C1)CN3C(=O)c1ccccc1. The summed E-state index contributed by atoms with van der Waals surface area (Å²) in [4.78, 5) is 29.9. The van der Waals surface area contributed by atoms with Gasteiger partial charge in [-0.05, 0) is 74.2 Å². The summed E-state index contributed by atoms with van der Waals surface area (Å²) in [6.07, 6.45) is 4.05. The van der Waals surface area contributed by atoms with Crippen molar-refractivity contribution in [1.82, 2.24) is 4.90 Å². The van der Waals surface area contributed by atoms with Crippen LogP contribution in [0.4, 0.5) is 5.69 Å². The second-order valence-electron chi connectivity index (χ2n) is 8.50. The molecular weight excluding hydrogens is 374 g/mol. The Balaban J connectivity index is 1.73. The second kappa shape index (κ2) is 8.60. The molecule has 0 fully saturated rings. The highest BCUT2D eigenvalue weighted by Gasteiger charge is 2.41. The first kappa shape index (κ1) is 20.6. The number of nitrogens with zero attached hydrogens (tertiary/aromatic N) is 2. The lowest BCUT2D eigenvalue weighted by Gasteiger charge is -2.37. The minimum atomic E-state index is -0.377. The van der Waals surface area contributed by atoms with Gasteiger partial charge in [-0.25, -0.2) is 0 Å².